The number of amides is 2. The van der Waals surface area contributed by atoms with E-state index in [1.807, 2.05) is 91.0 Å². The maximum Gasteiger partial charge on any atom is 0.413 e. The fourth-order valence-electron chi connectivity index (χ4n) is 5.24. The van der Waals surface area contributed by atoms with Gasteiger partial charge in [0.1, 0.15) is 48.7 Å². The highest BCUT2D eigenvalue weighted by Gasteiger charge is 2.19. The second-order valence-electron chi connectivity index (χ2n) is 12.5. The Bertz CT molecular complexity index is 2240. The van der Waals surface area contributed by atoms with Crippen molar-refractivity contribution in [2.75, 3.05) is 0 Å². The first-order valence-corrected chi connectivity index (χ1v) is 17.8. The highest BCUT2D eigenvalue weighted by molar-refractivity contribution is 6.05. The SMILES string of the molecule is N=C(NC(=O)OCc1ccccc1)c1ccc(OC(=O)c2cc(OCc3ccccc3)cc(C(=O)Oc3ccc(C(=N)NC(=O)OCc4ccccc4)cc3)c2)cc1. The van der Waals surface area contributed by atoms with E-state index in [1.165, 1.54) is 66.7 Å². The standard InChI is InChI=1S/C45H36N4O9/c46-40(48-44(52)55-28-31-12-6-2-7-13-31)33-16-20-37(21-17-33)57-42(50)35-24-36(26-39(25-35)54-27-30-10-4-1-5-11-30)43(51)58-38-22-18-34(19-23-38)41(47)49-45(53)56-29-32-14-8-3-9-15-32/h1-26H,27-29H2,(H2,46,48,52)(H2,47,49,53). The minimum atomic E-state index is -0.803. The number of benzene rings is 6. The van der Waals surface area contributed by atoms with Gasteiger partial charge in [0.05, 0.1) is 11.1 Å². The van der Waals surface area contributed by atoms with Crippen molar-refractivity contribution >= 4 is 35.8 Å². The van der Waals surface area contributed by atoms with Crippen molar-refractivity contribution in [3.05, 3.63) is 197 Å². The van der Waals surface area contributed by atoms with Crippen LogP contribution in [-0.4, -0.2) is 35.8 Å². The van der Waals surface area contributed by atoms with Crippen molar-refractivity contribution < 1.29 is 42.9 Å². The number of esters is 2. The Balaban J connectivity index is 1.08. The van der Waals surface area contributed by atoms with Crippen LogP contribution in [0.15, 0.2) is 158 Å². The summed E-state index contributed by atoms with van der Waals surface area (Å²) in [6.45, 7) is 0.235. The van der Waals surface area contributed by atoms with Gasteiger partial charge in [0.2, 0.25) is 0 Å². The number of hydrogen-bond acceptors (Lipinski definition) is 11. The Kier molecular flexibility index (Phi) is 13.3. The van der Waals surface area contributed by atoms with Gasteiger partial charge < -0.3 is 23.7 Å². The van der Waals surface area contributed by atoms with Crippen LogP contribution in [0.25, 0.3) is 0 Å². The van der Waals surface area contributed by atoms with E-state index in [9.17, 15) is 19.2 Å². The van der Waals surface area contributed by atoms with Gasteiger partial charge in [0.15, 0.2) is 0 Å². The predicted molar refractivity (Wildman–Crippen MR) is 213 cm³/mol. The molecular formula is C45H36N4O9. The molecule has 6 aromatic carbocycles. The third-order valence-electron chi connectivity index (χ3n) is 8.21. The number of rotatable bonds is 13. The lowest BCUT2D eigenvalue weighted by Gasteiger charge is -2.12. The average molecular weight is 777 g/mol. The van der Waals surface area contributed by atoms with Gasteiger partial charge in [-0.25, -0.2) is 19.2 Å². The molecule has 0 aliphatic heterocycles. The maximum atomic E-state index is 13.4. The van der Waals surface area contributed by atoms with E-state index in [-0.39, 0.29) is 59.9 Å². The lowest BCUT2D eigenvalue weighted by atomic mass is 10.1. The molecule has 0 saturated carbocycles. The van der Waals surface area contributed by atoms with Crippen LogP contribution in [0, 0.1) is 10.8 Å². The highest BCUT2D eigenvalue weighted by Crippen LogP contribution is 2.23. The average Bonchev–Trinajstić information content (AvgIpc) is 3.25. The van der Waals surface area contributed by atoms with Crippen molar-refractivity contribution in [1.82, 2.24) is 10.6 Å². The smallest absolute Gasteiger partial charge is 0.413 e. The van der Waals surface area contributed by atoms with Gasteiger partial charge in [-0.3, -0.25) is 21.5 Å². The van der Waals surface area contributed by atoms with Crippen LogP contribution >= 0.6 is 0 Å². The van der Waals surface area contributed by atoms with Gasteiger partial charge in [0.25, 0.3) is 0 Å². The summed E-state index contributed by atoms with van der Waals surface area (Å²) in [5, 5.41) is 21.2. The molecule has 0 aromatic heterocycles. The molecule has 6 aromatic rings. The molecule has 4 N–H and O–H groups in total. The molecule has 13 nitrogen and oxygen atoms in total. The molecule has 0 unspecified atom stereocenters. The van der Waals surface area contributed by atoms with Crippen LogP contribution in [0.5, 0.6) is 17.2 Å². The lowest BCUT2D eigenvalue weighted by molar-refractivity contribution is 0.0733. The molecule has 0 heterocycles. The molecule has 0 radical (unpaired) electrons. The summed E-state index contributed by atoms with van der Waals surface area (Å²) in [6, 6.07) is 43.5. The number of alkyl carbamates (subject to hydrolysis) is 2. The van der Waals surface area contributed by atoms with Crippen molar-refractivity contribution in [3.63, 3.8) is 0 Å². The van der Waals surface area contributed by atoms with Crippen molar-refractivity contribution in [1.29, 1.82) is 10.8 Å². The molecule has 0 saturated heterocycles. The summed E-state index contributed by atoms with van der Waals surface area (Å²) in [6.07, 6.45) is -1.59. The summed E-state index contributed by atoms with van der Waals surface area (Å²) in [4.78, 5) is 51.3. The first-order chi connectivity index (χ1) is 28.2. The Morgan fingerprint density at radius 1 is 0.414 bits per heavy atom. The van der Waals surface area contributed by atoms with E-state index in [4.69, 9.17) is 34.5 Å². The molecule has 0 aliphatic rings. The molecule has 2 amide bonds. The lowest BCUT2D eigenvalue weighted by Crippen LogP contribution is -2.30. The fraction of sp³-hybridized carbons (Fsp3) is 0.0667. The summed E-state index contributed by atoms with van der Waals surface area (Å²) >= 11 is 0. The van der Waals surface area contributed by atoms with E-state index >= 15 is 0 Å². The van der Waals surface area contributed by atoms with Crippen LogP contribution in [0.2, 0.25) is 0 Å². The zero-order valence-electron chi connectivity index (χ0n) is 30.8. The van der Waals surface area contributed by atoms with Gasteiger partial charge in [-0.15, -0.1) is 0 Å². The maximum absolute atomic E-state index is 13.4. The molecule has 6 rings (SSSR count). The van der Waals surface area contributed by atoms with Gasteiger partial charge in [0, 0.05) is 11.1 Å². The van der Waals surface area contributed by atoms with E-state index < -0.39 is 24.1 Å². The van der Waals surface area contributed by atoms with Crippen LogP contribution in [0.4, 0.5) is 9.59 Å². The van der Waals surface area contributed by atoms with E-state index in [0.29, 0.717) is 11.1 Å². The molecular weight excluding hydrogens is 741 g/mol. The minimum absolute atomic E-state index is 0.00817. The van der Waals surface area contributed by atoms with E-state index in [2.05, 4.69) is 10.6 Å². The first-order valence-electron chi connectivity index (χ1n) is 17.8. The molecule has 0 spiro atoms. The highest BCUT2D eigenvalue weighted by atomic mass is 16.6. The third-order valence-corrected chi connectivity index (χ3v) is 8.21. The molecule has 290 valence electrons. The fourth-order valence-corrected chi connectivity index (χ4v) is 5.24. The third kappa shape index (κ3) is 11.7. The number of hydrogen-bond donors (Lipinski definition) is 4. The van der Waals surface area contributed by atoms with Gasteiger partial charge in [-0.1, -0.05) is 91.0 Å². The normalized spacial score (nSPS) is 10.3. The van der Waals surface area contributed by atoms with Gasteiger partial charge in [-0.2, -0.15) is 0 Å². The summed E-state index contributed by atoms with van der Waals surface area (Å²) < 4.78 is 27.5. The van der Waals surface area contributed by atoms with Crippen LogP contribution in [0.3, 0.4) is 0 Å². The number of carbonyl (C=O) groups is 4. The molecule has 13 heteroatoms. The Morgan fingerprint density at radius 2 is 0.776 bits per heavy atom. The Labute approximate surface area is 333 Å². The number of nitrogens with one attached hydrogen (secondary N) is 4. The molecule has 0 aliphatic carbocycles. The molecule has 0 fully saturated rings. The van der Waals surface area contributed by atoms with Crippen LogP contribution in [-0.2, 0) is 29.3 Å². The Morgan fingerprint density at radius 3 is 1.16 bits per heavy atom. The second kappa shape index (κ2) is 19.5. The van der Waals surface area contributed by atoms with Crippen LogP contribution in [0.1, 0.15) is 48.5 Å². The summed E-state index contributed by atoms with van der Waals surface area (Å²) in [7, 11) is 0. The molecule has 58 heavy (non-hydrogen) atoms. The van der Waals surface area contributed by atoms with Crippen LogP contribution < -0.4 is 24.8 Å². The summed E-state index contributed by atoms with van der Waals surface area (Å²) in [5.74, 6) is -1.56. The van der Waals surface area contributed by atoms with Crippen molar-refractivity contribution in [2.45, 2.75) is 19.8 Å². The topological polar surface area (TPSA) is 186 Å². The number of ether oxygens (including phenoxy) is 5. The second-order valence-corrected chi connectivity index (χ2v) is 12.5. The zero-order valence-corrected chi connectivity index (χ0v) is 30.8. The number of amidine groups is 2. The van der Waals surface area contributed by atoms with Crippen molar-refractivity contribution in [2.24, 2.45) is 0 Å². The van der Waals surface area contributed by atoms with Gasteiger partial charge in [-0.05, 0) is 83.4 Å². The zero-order chi connectivity index (χ0) is 40.7. The predicted octanol–water partition coefficient (Wildman–Crippen LogP) is 8.21. The summed E-state index contributed by atoms with van der Waals surface area (Å²) in [5.41, 5.74) is 3.10. The first kappa shape index (κ1) is 39.6. The van der Waals surface area contributed by atoms with E-state index in [1.54, 1.807) is 0 Å². The molecule has 0 bridgehead atoms. The molecule has 0 atom stereocenters. The van der Waals surface area contributed by atoms with E-state index in [0.717, 1.165) is 16.7 Å². The quantitative estimate of drug-likeness (QED) is 0.0388. The Hall–Kier alpha value is -8.06. The number of carbonyl (C=O) groups excluding carboxylic acids is 4. The van der Waals surface area contributed by atoms with Gasteiger partial charge >= 0.3 is 24.1 Å². The van der Waals surface area contributed by atoms with Crippen molar-refractivity contribution in [3.8, 4) is 17.2 Å². The minimum Gasteiger partial charge on any atom is -0.489 e. The largest absolute Gasteiger partial charge is 0.489 e. The monoisotopic (exact) mass is 776 g/mol.